The van der Waals surface area contributed by atoms with Crippen molar-refractivity contribution in [3.05, 3.63) is 0 Å². The SMILES string of the molecule is CN(C)NC(=O)CCCCC1CCCCC1. The minimum absolute atomic E-state index is 0.147. The Balaban J connectivity index is 1.96. The quantitative estimate of drug-likeness (QED) is 0.558. The van der Waals surface area contributed by atoms with E-state index in [1.807, 2.05) is 14.1 Å². The van der Waals surface area contributed by atoms with Crippen LogP contribution in [-0.4, -0.2) is 25.0 Å². The van der Waals surface area contributed by atoms with E-state index in [-0.39, 0.29) is 5.91 Å². The Morgan fingerprint density at radius 3 is 2.50 bits per heavy atom. The molecule has 0 saturated heterocycles. The van der Waals surface area contributed by atoms with Gasteiger partial charge < -0.3 is 0 Å². The molecule has 0 heterocycles. The lowest BCUT2D eigenvalue weighted by Crippen LogP contribution is -2.35. The zero-order valence-electron chi connectivity index (χ0n) is 10.8. The Morgan fingerprint density at radius 2 is 1.88 bits per heavy atom. The van der Waals surface area contributed by atoms with Gasteiger partial charge in [0.2, 0.25) is 5.91 Å². The van der Waals surface area contributed by atoms with Crippen LogP contribution in [0.15, 0.2) is 0 Å². The fourth-order valence-electron chi connectivity index (χ4n) is 2.50. The molecule has 0 radical (unpaired) electrons. The molecule has 1 rings (SSSR count). The molecule has 1 amide bonds. The van der Waals surface area contributed by atoms with Gasteiger partial charge in [0.25, 0.3) is 0 Å². The Labute approximate surface area is 99.6 Å². The highest BCUT2D eigenvalue weighted by Gasteiger charge is 2.12. The van der Waals surface area contributed by atoms with Gasteiger partial charge in [-0.05, 0) is 12.3 Å². The van der Waals surface area contributed by atoms with Gasteiger partial charge in [-0.2, -0.15) is 0 Å². The Morgan fingerprint density at radius 1 is 1.19 bits per heavy atom. The van der Waals surface area contributed by atoms with Crippen molar-refractivity contribution in [2.45, 2.75) is 57.8 Å². The summed E-state index contributed by atoms with van der Waals surface area (Å²) in [6, 6.07) is 0. The monoisotopic (exact) mass is 226 g/mol. The normalized spacial score (nSPS) is 17.7. The van der Waals surface area contributed by atoms with Crippen LogP contribution in [0.25, 0.3) is 0 Å². The van der Waals surface area contributed by atoms with Crippen LogP contribution < -0.4 is 5.43 Å². The first kappa shape index (κ1) is 13.5. The van der Waals surface area contributed by atoms with Crippen LogP contribution in [0.5, 0.6) is 0 Å². The molecule has 0 aromatic heterocycles. The van der Waals surface area contributed by atoms with Crippen molar-refractivity contribution in [2.24, 2.45) is 5.92 Å². The molecule has 0 unspecified atom stereocenters. The van der Waals surface area contributed by atoms with Crippen molar-refractivity contribution >= 4 is 5.91 Å². The lowest BCUT2D eigenvalue weighted by atomic mass is 9.85. The smallest absolute Gasteiger partial charge is 0.234 e. The number of unbranched alkanes of at least 4 members (excludes halogenated alkanes) is 1. The van der Waals surface area contributed by atoms with E-state index in [1.54, 1.807) is 5.01 Å². The first-order valence-electron chi connectivity index (χ1n) is 6.65. The van der Waals surface area contributed by atoms with E-state index in [4.69, 9.17) is 0 Å². The van der Waals surface area contributed by atoms with Crippen molar-refractivity contribution < 1.29 is 4.79 Å². The van der Waals surface area contributed by atoms with Crippen molar-refractivity contribution in [1.82, 2.24) is 10.4 Å². The van der Waals surface area contributed by atoms with Gasteiger partial charge in [-0.15, -0.1) is 0 Å². The first-order valence-corrected chi connectivity index (χ1v) is 6.65. The van der Waals surface area contributed by atoms with Crippen molar-refractivity contribution in [3.8, 4) is 0 Å². The van der Waals surface area contributed by atoms with Gasteiger partial charge in [-0.3, -0.25) is 10.2 Å². The number of nitrogens with zero attached hydrogens (tertiary/aromatic N) is 1. The van der Waals surface area contributed by atoms with Gasteiger partial charge in [0.15, 0.2) is 0 Å². The molecule has 94 valence electrons. The number of rotatable bonds is 6. The Bertz CT molecular complexity index is 198. The van der Waals surface area contributed by atoms with E-state index in [1.165, 1.54) is 44.9 Å². The second-order valence-corrected chi connectivity index (χ2v) is 5.18. The third-order valence-electron chi connectivity index (χ3n) is 3.34. The summed E-state index contributed by atoms with van der Waals surface area (Å²) in [6.45, 7) is 0. The van der Waals surface area contributed by atoms with E-state index < -0.39 is 0 Å². The Kier molecular flexibility index (Phi) is 6.46. The first-order chi connectivity index (χ1) is 7.68. The minimum Gasteiger partial charge on any atom is -0.289 e. The van der Waals surface area contributed by atoms with Crippen LogP contribution in [0.3, 0.4) is 0 Å². The third-order valence-corrected chi connectivity index (χ3v) is 3.34. The lowest BCUT2D eigenvalue weighted by molar-refractivity contribution is -0.124. The molecule has 16 heavy (non-hydrogen) atoms. The van der Waals surface area contributed by atoms with Crippen molar-refractivity contribution in [1.29, 1.82) is 0 Å². The molecule has 1 aliphatic carbocycles. The average molecular weight is 226 g/mol. The predicted molar refractivity (Wildman–Crippen MR) is 66.9 cm³/mol. The number of hydrogen-bond donors (Lipinski definition) is 1. The van der Waals surface area contributed by atoms with Crippen LogP contribution in [0.4, 0.5) is 0 Å². The summed E-state index contributed by atoms with van der Waals surface area (Å²) in [5.74, 6) is 1.10. The molecule has 1 N–H and O–H groups in total. The predicted octanol–water partition coefficient (Wildman–Crippen LogP) is 2.72. The molecule has 3 heteroatoms. The second-order valence-electron chi connectivity index (χ2n) is 5.18. The molecule has 1 fully saturated rings. The molecule has 1 saturated carbocycles. The zero-order valence-corrected chi connectivity index (χ0v) is 10.8. The van der Waals surface area contributed by atoms with Crippen LogP contribution in [0.1, 0.15) is 57.8 Å². The lowest BCUT2D eigenvalue weighted by Gasteiger charge is -2.21. The molecule has 0 aromatic carbocycles. The van der Waals surface area contributed by atoms with Gasteiger partial charge in [0.05, 0.1) is 0 Å². The van der Waals surface area contributed by atoms with Crippen LogP contribution in [-0.2, 0) is 4.79 Å². The van der Waals surface area contributed by atoms with E-state index in [9.17, 15) is 4.79 Å². The summed E-state index contributed by atoms with van der Waals surface area (Å²) in [7, 11) is 3.69. The fourth-order valence-corrected chi connectivity index (χ4v) is 2.50. The summed E-state index contributed by atoms with van der Waals surface area (Å²) in [6.07, 6.45) is 11.4. The maximum atomic E-state index is 11.4. The molecular formula is C13H26N2O. The Hall–Kier alpha value is -0.570. The van der Waals surface area contributed by atoms with Crippen molar-refractivity contribution in [3.63, 3.8) is 0 Å². The third kappa shape index (κ3) is 6.11. The highest BCUT2D eigenvalue weighted by molar-refractivity contribution is 5.75. The largest absolute Gasteiger partial charge is 0.289 e. The highest BCUT2D eigenvalue weighted by atomic mass is 16.2. The van der Waals surface area contributed by atoms with E-state index in [0.29, 0.717) is 6.42 Å². The van der Waals surface area contributed by atoms with Crippen molar-refractivity contribution in [2.75, 3.05) is 14.1 Å². The van der Waals surface area contributed by atoms with Crippen LogP contribution in [0.2, 0.25) is 0 Å². The minimum atomic E-state index is 0.147. The number of hydrogen-bond acceptors (Lipinski definition) is 2. The van der Waals surface area contributed by atoms with E-state index >= 15 is 0 Å². The molecule has 0 spiro atoms. The molecule has 1 aliphatic rings. The van der Waals surface area contributed by atoms with E-state index in [2.05, 4.69) is 5.43 Å². The molecule has 3 nitrogen and oxygen atoms in total. The number of carbonyl (C=O) groups excluding carboxylic acids is 1. The molecule has 0 atom stereocenters. The topological polar surface area (TPSA) is 32.3 Å². The zero-order chi connectivity index (χ0) is 11.8. The van der Waals surface area contributed by atoms with Gasteiger partial charge >= 0.3 is 0 Å². The van der Waals surface area contributed by atoms with Crippen LogP contribution >= 0.6 is 0 Å². The molecular weight excluding hydrogens is 200 g/mol. The number of amides is 1. The average Bonchev–Trinajstić information content (AvgIpc) is 2.25. The molecule has 0 aromatic rings. The molecule has 0 aliphatic heterocycles. The summed E-state index contributed by atoms with van der Waals surface area (Å²) in [5, 5.41) is 1.71. The standard InChI is InChI=1S/C13H26N2O/c1-15(2)14-13(16)11-7-6-10-12-8-4-3-5-9-12/h12H,3-11H2,1-2H3,(H,14,16). The van der Waals surface area contributed by atoms with E-state index in [0.717, 1.165) is 12.3 Å². The van der Waals surface area contributed by atoms with Gasteiger partial charge in [-0.25, -0.2) is 5.01 Å². The maximum Gasteiger partial charge on any atom is 0.234 e. The summed E-state index contributed by atoms with van der Waals surface area (Å²) in [4.78, 5) is 11.4. The maximum absolute atomic E-state index is 11.4. The van der Waals surface area contributed by atoms with Gasteiger partial charge in [0.1, 0.15) is 0 Å². The van der Waals surface area contributed by atoms with Gasteiger partial charge in [0, 0.05) is 20.5 Å². The summed E-state index contributed by atoms with van der Waals surface area (Å²) < 4.78 is 0. The summed E-state index contributed by atoms with van der Waals surface area (Å²) >= 11 is 0. The van der Waals surface area contributed by atoms with Gasteiger partial charge in [-0.1, -0.05) is 44.9 Å². The number of carbonyl (C=O) groups is 1. The highest BCUT2D eigenvalue weighted by Crippen LogP contribution is 2.27. The summed E-state index contributed by atoms with van der Waals surface area (Å²) in [5.41, 5.74) is 2.78. The number of hydrazine groups is 1. The fraction of sp³-hybridized carbons (Fsp3) is 0.923. The molecule has 0 bridgehead atoms. The second kappa shape index (κ2) is 7.66. The number of nitrogens with one attached hydrogen (secondary N) is 1. The van der Waals surface area contributed by atoms with Crippen LogP contribution in [0, 0.1) is 5.92 Å².